The van der Waals surface area contributed by atoms with Gasteiger partial charge in [0.1, 0.15) is 5.69 Å². The van der Waals surface area contributed by atoms with Crippen molar-refractivity contribution in [2.45, 2.75) is 0 Å². The fraction of sp³-hybridized carbons (Fsp3) is 0. The molecule has 0 fully saturated rings. The lowest BCUT2D eigenvalue weighted by Crippen LogP contribution is -2.21. The average molecular weight is 440 g/mol. The Kier molecular flexibility index (Phi) is 7.26. The van der Waals surface area contributed by atoms with Gasteiger partial charge in [-0.05, 0) is 47.5 Å². The molecule has 0 atom stereocenters. The number of nitrogens with one attached hydrogen (secondary N) is 2. The number of aromatic nitrogens is 1. The summed E-state index contributed by atoms with van der Waals surface area (Å²) < 4.78 is 0. The summed E-state index contributed by atoms with van der Waals surface area (Å²) in [5.41, 5.74) is 6.69. The zero-order chi connectivity index (χ0) is 21.3. The Morgan fingerprint density at radius 2 is 1.23 bits per heavy atom. The first kappa shape index (κ1) is 21.2. The molecular formula is C21H15Cl2N5O2. The van der Waals surface area contributed by atoms with Gasteiger partial charge in [0.2, 0.25) is 0 Å². The topological polar surface area (TPSA) is 95.8 Å². The van der Waals surface area contributed by atoms with Gasteiger partial charge in [0, 0.05) is 16.2 Å². The minimum Gasteiger partial charge on any atom is -0.267 e. The minimum absolute atomic E-state index is 0.115. The van der Waals surface area contributed by atoms with E-state index in [1.54, 1.807) is 48.5 Å². The molecule has 2 aromatic carbocycles. The van der Waals surface area contributed by atoms with Gasteiger partial charge in [-0.2, -0.15) is 10.2 Å². The van der Waals surface area contributed by atoms with E-state index in [9.17, 15) is 9.59 Å². The number of amides is 2. The van der Waals surface area contributed by atoms with Gasteiger partial charge >= 0.3 is 0 Å². The number of hydrogen-bond donors (Lipinski definition) is 2. The highest BCUT2D eigenvalue weighted by Crippen LogP contribution is 2.08. The summed E-state index contributed by atoms with van der Waals surface area (Å²) >= 11 is 11.6. The zero-order valence-corrected chi connectivity index (χ0v) is 16.9. The highest BCUT2D eigenvalue weighted by Gasteiger charge is 2.09. The van der Waals surface area contributed by atoms with Gasteiger partial charge < -0.3 is 0 Å². The van der Waals surface area contributed by atoms with Crippen LogP contribution in [0, 0.1) is 0 Å². The Hall–Kier alpha value is -3.55. The molecule has 1 aromatic heterocycles. The summed E-state index contributed by atoms with van der Waals surface area (Å²) in [6.45, 7) is 0. The summed E-state index contributed by atoms with van der Waals surface area (Å²) in [6, 6.07) is 16.8. The fourth-order valence-electron chi connectivity index (χ4n) is 2.21. The van der Waals surface area contributed by atoms with E-state index >= 15 is 0 Å². The number of halogens is 2. The van der Waals surface area contributed by atoms with Gasteiger partial charge in [0.15, 0.2) is 0 Å². The van der Waals surface area contributed by atoms with Crippen molar-refractivity contribution in [2.24, 2.45) is 10.2 Å². The molecule has 2 N–H and O–H groups in total. The first-order chi connectivity index (χ1) is 14.5. The van der Waals surface area contributed by atoms with E-state index in [-0.39, 0.29) is 11.3 Å². The van der Waals surface area contributed by atoms with Crippen LogP contribution >= 0.6 is 23.2 Å². The van der Waals surface area contributed by atoms with E-state index in [0.717, 1.165) is 11.1 Å². The van der Waals surface area contributed by atoms with Crippen molar-refractivity contribution in [3.8, 4) is 0 Å². The molecule has 0 aliphatic carbocycles. The van der Waals surface area contributed by atoms with Crippen molar-refractivity contribution >= 4 is 47.4 Å². The second kappa shape index (κ2) is 10.3. The molecule has 7 nitrogen and oxygen atoms in total. The lowest BCUT2D eigenvalue weighted by Gasteiger charge is -2.02. The molecule has 0 saturated carbocycles. The number of hydrazone groups is 2. The molecule has 0 unspecified atom stereocenters. The van der Waals surface area contributed by atoms with E-state index in [2.05, 4.69) is 26.0 Å². The first-order valence-corrected chi connectivity index (χ1v) is 9.41. The molecule has 2 amide bonds. The van der Waals surface area contributed by atoms with Crippen molar-refractivity contribution in [2.75, 3.05) is 0 Å². The third-order valence-electron chi connectivity index (χ3n) is 3.76. The van der Waals surface area contributed by atoms with Crippen molar-refractivity contribution in [1.82, 2.24) is 15.8 Å². The van der Waals surface area contributed by atoms with Gasteiger partial charge in [-0.3, -0.25) is 14.6 Å². The molecule has 150 valence electrons. The molecule has 0 bridgehead atoms. The highest BCUT2D eigenvalue weighted by atomic mass is 35.5. The number of pyridine rings is 1. The van der Waals surface area contributed by atoms with E-state index in [1.165, 1.54) is 30.8 Å². The smallest absolute Gasteiger partial charge is 0.267 e. The first-order valence-electron chi connectivity index (χ1n) is 8.65. The van der Waals surface area contributed by atoms with Gasteiger partial charge in [-0.1, -0.05) is 47.5 Å². The van der Waals surface area contributed by atoms with Crippen LogP contribution in [-0.2, 0) is 0 Å². The Morgan fingerprint density at radius 3 is 1.70 bits per heavy atom. The molecule has 30 heavy (non-hydrogen) atoms. The maximum atomic E-state index is 12.1. The standard InChI is InChI=1S/C21H15Cl2N5O2/c22-17-6-1-14(2-7-17)11-25-27-20(29)16-5-10-19(24-13-16)21(30)28-26-12-15-3-8-18(23)9-4-15/h1-13H,(H,27,29)(H,28,30). The van der Waals surface area contributed by atoms with Gasteiger partial charge in [0.05, 0.1) is 18.0 Å². The Balaban J connectivity index is 1.53. The normalized spacial score (nSPS) is 11.0. The molecule has 1 heterocycles. The molecule has 0 spiro atoms. The number of benzene rings is 2. The van der Waals surface area contributed by atoms with Gasteiger partial charge in [0.25, 0.3) is 11.8 Å². The minimum atomic E-state index is -0.507. The fourth-order valence-corrected chi connectivity index (χ4v) is 2.46. The quantitative estimate of drug-likeness (QED) is 0.449. The van der Waals surface area contributed by atoms with E-state index < -0.39 is 11.8 Å². The van der Waals surface area contributed by atoms with E-state index in [1.807, 2.05) is 0 Å². The predicted octanol–water partition coefficient (Wildman–Crippen LogP) is 3.92. The second-order valence-corrected chi connectivity index (χ2v) is 6.81. The van der Waals surface area contributed by atoms with Crippen molar-refractivity contribution in [3.63, 3.8) is 0 Å². The summed E-state index contributed by atoms with van der Waals surface area (Å²) in [6.07, 6.45) is 4.25. The number of carbonyl (C=O) groups is 2. The summed E-state index contributed by atoms with van der Waals surface area (Å²) in [5.74, 6) is -0.964. The maximum absolute atomic E-state index is 12.1. The van der Waals surface area contributed by atoms with Crippen LogP contribution in [0.3, 0.4) is 0 Å². The predicted molar refractivity (Wildman–Crippen MR) is 117 cm³/mol. The number of nitrogens with zero attached hydrogens (tertiary/aromatic N) is 3. The van der Waals surface area contributed by atoms with E-state index in [0.29, 0.717) is 10.0 Å². The molecular weight excluding hydrogens is 425 g/mol. The highest BCUT2D eigenvalue weighted by molar-refractivity contribution is 6.30. The van der Waals surface area contributed by atoms with Crippen LogP contribution in [0.2, 0.25) is 10.0 Å². The second-order valence-electron chi connectivity index (χ2n) is 5.93. The summed E-state index contributed by atoms with van der Waals surface area (Å²) in [5, 5.41) is 8.97. The van der Waals surface area contributed by atoms with Crippen LogP contribution in [0.15, 0.2) is 77.1 Å². The third kappa shape index (κ3) is 6.23. The molecule has 0 radical (unpaired) electrons. The number of carbonyl (C=O) groups excluding carboxylic acids is 2. The largest absolute Gasteiger partial charge is 0.289 e. The van der Waals surface area contributed by atoms with E-state index in [4.69, 9.17) is 23.2 Å². The number of hydrogen-bond acceptors (Lipinski definition) is 5. The lowest BCUT2D eigenvalue weighted by atomic mass is 10.2. The lowest BCUT2D eigenvalue weighted by molar-refractivity contribution is 0.0939. The monoisotopic (exact) mass is 439 g/mol. The molecule has 0 saturated heterocycles. The molecule has 9 heteroatoms. The van der Waals surface area contributed by atoms with Gasteiger partial charge in [-0.25, -0.2) is 10.9 Å². The Morgan fingerprint density at radius 1 is 0.733 bits per heavy atom. The Labute approximate surface area is 182 Å². The average Bonchev–Trinajstić information content (AvgIpc) is 2.76. The molecule has 3 rings (SSSR count). The van der Waals surface area contributed by atoms with Crippen LogP contribution in [-0.4, -0.2) is 29.2 Å². The third-order valence-corrected chi connectivity index (χ3v) is 4.26. The summed E-state index contributed by atoms with van der Waals surface area (Å²) in [7, 11) is 0. The molecule has 0 aliphatic heterocycles. The Bertz CT molecular complexity index is 991. The molecule has 0 aliphatic rings. The van der Waals surface area contributed by atoms with Crippen molar-refractivity contribution in [1.29, 1.82) is 0 Å². The van der Waals surface area contributed by atoms with Crippen LogP contribution in [0.5, 0.6) is 0 Å². The van der Waals surface area contributed by atoms with Gasteiger partial charge in [-0.15, -0.1) is 0 Å². The van der Waals surface area contributed by atoms with Crippen LogP contribution in [0.1, 0.15) is 32.0 Å². The van der Waals surface area contributed by atoms with Crippen molar-refractivity contribution < 1.29 is 9.59 Å². The molecule has 3 aromatic rings. The summed E-state index contributed by atoms with van der Waals surface area (Å²) in [4.78, 5) is 28.2. The zero-order valence-electron chi connectivity index (χ0n) is 15.4. The van der Waals surface area contributed by atoms with Crippen molar-refractivity contribution in [3.05, 3.63) is 99.3 Å². The number of rotatable bonds is 6. The maximum Gasteiger partial charge on any atom is 0.289 e. The SMILES string of the molecule is O=C(NN=Cc1ccc(Cl)cc1)c1ccc(C(=O)NN=Cc2ccc(Cl)cc2)nc1. The van der Waals surface area contributed by atoms with Crippen LogP contribution in [0.25, 0.3) is 0 Å². The van der Waals surface area contributed by atoms with Crippen LogP contribution in [0.4, 0.5) is 0 Å². The van der Waals surface area contributed by atoms with Crippen LogP contribution < -0.4 is 10.9 Å².